The lowest BCUT2D eigenvalue weighted by atomic mass is 10.2. The predicted octanol–water partition coefficient (Wildman–Crippen LogP) is 3.19. The molecule has 6 heteroatoms. The van der Waals surface area contributed by atoms with Gasteiger partial charge in [0.1, 0.15) is 6.29 Å². The van der Waals surface area contributed by atoms with Crippen molar-refractivity contribution >= 4 is 24.0 Å². The average Bonchev–Trinajstić information content (AvgIpc) is 2.65. The molecule has 0 unspecified atom stereocenters. The molecule has 0 atom stereocenters. The second-order valence-corrected chi connectivity index (χ2v) is 6.23. The fraction of sp³-hybridized carbons (Fsp3) is 0.263. The highest BCUT2D eigenvalue weighted by Gasteiger charge is 2.09. The van der Waals surface area contributed by atoms with Crippen LogP contribution >= 0.6 is 11.8 Å². The molecule has 0 radical (unpaired) electrons. The van der Waals surface area contributed by atoms with E-state index in [-0.39, 0.29) is 12.5 Å². The first-order chi connectivity index (χ1) is 12.2. The number of aldehydes is 1. The summed E-state index contributed by atoms with van der Waals surface area (Å²) in [5.74, 6) is 1.49. The van der Waals surface area contributed by atoms with Crippen LogP contribution in [0.2, 0.25) is 0 Å². The van der Waals surface area contributed by atoms with Crippen LogP contribution < -0.4 is 14.8 Å². The molecule has 0 fully saturated rings. The van der Waals surface area contributed by atoms with E-state index in [1.807, 2.05) is 37.3 Å². The minimum atomic E-state index is -0.199. The Hall–Kier alpha value is -2.47. The molecule has 132 valence electrons. The number of rotatable bonds is 10. The number of carbonyl (C=O) groups excluding carboxylic acids is 2. The topological polar surface area (TPSA) is 64.6 Å². The van der Waals surface area contributed by atoms with E-state index in [1.54, 1.807) is 30.0 Å². The van der Waals surface area contributed by atoms with Gasteiger partial charge in [0.05, 0.1) is 6.61 Å². The van der Waals surface area contributed by atoms with Gasteiger partial charge in [-0.2, -0.15) is 0 Å². The van der Waals surface area contributed by atoms with Crippen LogP contribution in [0.15, 0.2) is 53.4 Å². The smallest absolute Gasteiger partial charge is 0.257 e. The summed E-state index contributed by atoms with van der Waals surface area (Å²) in [5, 5.41) is 2.82. The number of benzene rings is 2. The zero-order chi connectivity index (χ0) is 17.9. The van der Waals surface area contributed by atoms with E-state index in [1.165, 1.54) is 4.90 Å². The van der Waals surface area contributed by atoms with Crippen LogP contribution in [0.3, 0.4) is 0 Å². The summed E-state index contributed by atoms with van der Waals surface area (Å²) in [6.07, 6.45) is 0.739. The number of thioether (sulfide) groups is 1. The standard InChI is InChI=1S/C19H21NO4S/c1-2-23-18-12-15(13-21)8-9-17(18)24-14-19(22)20-10-11-25-16-6-4-3-5-7-16/h3-9,12-13H,2,10-11,14H2,1H3,(H,20,22). The van der Waals surface area contributed by atoms with Crippen LogP contribution in [0.1, 0.15) is 17.3 Å². The molecule has 0 bridgehead atoms. The highest BCUT2D eigenvalue weighted by Crippen LogP contribution is 2.28. The maximum Gasteiger partial charge on any atom is 0.257 e. The van der Waals surface area contributed by atoms with Crippen LogP contribution in [0, 0.1) is 0 Å². The first-order valence-corrected chi connectivity index (χ1v) is 9.01. The Morgan fingerprint density at radius 3 is 2.64 bits per heavy atom. The summed E-state index contributed by atoms with van der Waals surface area (Å²) < 4.78 is 10.9. The molecule has 0 aliphatic rings. The first kappa shape index (κ1) is 18.9. The van der Waals surface area contributed by atoms with Crippen LogP contribution in [0.25, 0.3) is 0 Å². The average molecular weight is 359 g/mol. The molecule has 0 saturated heterocycles. The minimum Gasteiger partial charge on any atom is -0.490 e. The van der Waals surface area contributed by atoms with E-state index in [0.717, 1.165) is 12.0 Å². The maximum atomic E-state index is 11.9. The lowest BCUT2D eigenvalue weighted by Crippen LogP contribution is -2.30. The molecule has 0 aliphatic carbocycles. The quantitative estimate of drug-likeness (QED) is 0.401. The Kier molecular flexibility index (Phi) is 7.85. The van der Waals surface area contributed by atoms with E-state index in [0.29, 0.717) is 30.2 Å². The molecular formula is C19H21NO4S. The number of amides is 1. The third-order valence-electron chi connectivity index (χ3n) is 3.20. The molecule has 2 aromatic carbocycles. The van der Waals surface area contributed by atoms with E-state index < -0.39 is 0 Å². The molecule has 0 saturated carbocycles. The van der Waals surface area contributed by atoms with Gasteiger partial charge in [-0.05, 0) is 37.3 Å². The van der Waals surface area contributed by atoms with Gasteiger partial charge in [-0.15, -0.1) is 11.8 Å². The van der Waals surface area contributed by atoms with Gasteiger partial charge in [-0.25, -0.2) is 0 Å². The van der Waals surface area contributed by atoms with Crippen LogP contribution in [0.5, 0.6) is 11.5 Å². The number of hydrogen-bond acceptors (Lipinski definition) is 5. The van der Waals surface area contributed by atoms with E-state index in [2.05, 4.69) is 5.32 Å². The second kappa shape index (κ2) is 10.4. The van der Waals surface area contributed by atoms with Crippen molar-refractivity contribution in [3.05, 3.63) is 54.1 Å². The fourth-order valence-corrected chi connectivity index (χ4v) is 2.85. The van der Waals surface area contributed by atoms with E-state index in [9.17, 15) is 9.59 Å². The molecular weight excluding hydrogens is 338 g/mol. The third kappa shape index (κ3) is 6.51. The molecule has 2 rings (SSSR count). The van der Waals surface area contributed by atoms with E-state index >= 15 is 0 Å². The Balaban J connectivity index is 1.75. The van der Waals surface area contributed by atoms with Crippen molar-refractivity contribution in [1.29, 1.82) is 0 Å². The molecule has 1 amide bonds. The number of ether oxygens (including phenoxy) is 2. The van der Waals surface area contributed by atoms with Crippen LogP contribution in [-0.2, 0) is 4.79 Å². The number of nitrogens with one attached hydrogen (secondary N) is 1. The summed E-state index contributed by atoms with van der Waals surface area (Å²) in [6, 6.07) is 14.9. The number of carbonyl (C=O) groups is 2. The Labute approximate surface area is 151 Å². The lowest BCUT2D eigenvalue weighted by Gasteiger charge is -2.12. The Morgan fingerprint density at radius 1 is 1.12 bits per heavy atom. The molecule has 0 aliphatic heterocycles. The monoisotopic (exact) mass is 359 g/mol. The summed E-state index contributed by atoms with van der Waals surface area (Å²) in [7, 11) is 0. The first-order valence-electron chi connectivity index (χ1n) is 8.02. The molecule has 0 spiro atoms. The van der Waals surface area contributed by atoms with Crippen LogP contribution in [0.4, 0.5) is 0 Å². The van der Waals surface area contributed by atoms with Gasteiger partial charge in [0.25, 0.3) is 5.91 Å². The Bertz CT molecular complexity index is 691. The van der Waals surface area contributed by atoms with Crippen molar-refractivity contribution in [1.82, 2.24) is 5.32 Å². The van der Waals surface area contributed by atoms with Crippen molar-refractivity contribution in [2.24, 2.45) is 0 Å². The summed E-state index contributed by atoms with van der Waals surface area (Å²) >= 11 is 1.68. The minimum absolute atomic E-state index is 0.101. The normalized spacial score (nSPS) is 10.1. The molecule has 2 aromatic rings. The van der Waals surface area contributed by atoms with Crippen molar-refractivity contribution in [3.63, 3.8) is 0 Å². The van der Waals surface area contributed by atoms with Gasteiger partial charge in [-0.3, -0.25) is 9.59 Å². The maximum absolute atomic E-state index is 11.9. The predicted molar refractivity (Wildman–Crippen MR) is 98.7 cm³/mol. The lowest BCUT2D eigenvalue weighted by molar-refractivity contribution is -0.122. The zero-order valence-corrected chi connectivity index (χ0v) is 14.9. The van der Waals surface area contributed by atoms with Gasteiger partial charge in [0.2, 0.25) is 0 Å². The number of hydrogen-bond donors (Lipinski definition) is 1. The molecule has 1 N–H and O–H groups in total. The van der Waals surface area contributed by atoms with Gasteiger partial charge in [-0.1, -0.05) is 18.2 Å². The zero-order valence-electron chi connectivity index (χ0n) is 14.1. The molecule has 5 nitrogen and oxygen atoms in total. The molecule has 0 heterocycles. The molecule has 0 aromatic heterocycles. The highest BCUT2D eigenvalue weighted by atomic mass is 32.2. The SMILES string of the molecule is CCOc1cc(C=O)ccc1OCC(=O)NCCSc1ccccc1. The third-order valence-corrected chi connectivity index (χ3v) is 4.21. The fourth-order valence-electron chi connectivity index (χ4n) is 2.06. The van der Waals surface area contributed by atoms with Gasteiger partial charge in [0, 0.05) is 22.8 Å². The van der Waals surface area contributed by atoms with Gasteiger partial charge < -0.3 is 14.8 Å². The van der Waals surface area contributed by atoms with Crippen molar-refractivity contribution < 1.29 is 19.1 Å². The summed E-state index contributed by atoms with van der Waals surface area (Å²) in [5.41, 5.74) is 0.498. The highest BCUT2D eigenvalue weighted by molar-refractivity contribution is 7.99. The van der Waals surface area contributed by atoms with Gasteiger partial charge in [0.15, 0.2) is 18.1 Å². The second-order valence-electron chi connectivity index (χ2n) is 5.06. The summed E-state index contributed by atoms with van der Waals surface area (Å²) in [6.45, 7) is 2.75. The van der Waals surface area contributed by atoms with Gasteiger partial charge >= 0.3 is 0 Å². The summed E-state index contributed by atoms with van der Waals surface area (Å²) in [4.78, 5) is 23.9. The molecule has 25 heavy (non-hydrogen) atoms. The van der Waals surface area contributed by atoms with Crippen LogP contribution in [-0.4, -0.2) is 37.7 Å². The largest absolute Gasteiger partial charge is 0.490 e. The Morgan fingerprint density at radius 2 is 1.92 bits per heavy atom. The van der Waals surface area contributed by atoms with Crippen molar-refractivity contribution in [2.75, 3.05) is 25.5 Å². The van der Waals surface area contributed by atoms with E-state index in [4.69, 9.17) is 9.47 Å². The van der Waals surface area contributed by atoms with Crippen molar-refractivity contribution in [3.8, 4) is 11.5 Å². The van der Waals surface area contributed by atoms with Crippen molar-refractivity contribution in [2.45, 2.75) is 11.8 Å².